The van der Waals surface area contributed by atoms with Gasteiger partial charge in [0.2, 0.25) is 0 Å². The van der Waals surface area contributed by atoms with Crippen molar-refractivity contribution >= 4 is 22.7 Å². The molecule has 1 fully saturated rings. The van der Waals surface area contributed by atoms with Gasteiger partial charge in [0, 0.05) is 29.6 Å². The van der Waals surface area contributed by atoms with Gasteiger partial charge in [-0.15, -0.1) is 11.8 Å². The summed E-state index contributed by atoms with van der Waals surface area (Å²) in [7, 11) is 1.65. The van der Waals surface area contributed by atoms with E-state index in [0.717, 1.165) is 66.9 Å². The molecule has 35 heavy (non-hydrogen) atoms. The third-order valence-electron chi connectivity index (χ3n) is 7.24. The van der Waals surface area contributed by atoms with Crippen molar-refractivity contribution in [2.24, 2.45) is 11.8 Å². The lowest BCUT2D eigenvalue weighted by Gasteiger charge is -2.38. The van der Waals surface area contributed by atoms with E-state index in [-0.39, 0.29) is 12.5 Å². The molecule has 3 atom stereocenters. The lowest BCUT2D eigenvalue weighted by atomic mass is 9.81. The van der Waals surface area contributed by atoms with Crippen LogP contribution in [0.5, 0.6) is 5.75 Å². The molecule has 5 nitrogen and oxygen atoms in total. The van der Waals surface area contributed by atoms with E-state index in [1.165, 1.54) is 10.5 Å². The van der Waals surface area contributed by atoms with E-state index in [1.54, 1.807) is 13.3 Å². The Morgan fingerprint density at radius 3 is 2.86 bits per heavy atom. The Morgan fingerprint density at radius 2 is 2.06 bits per heavy atom. The summed E-state index contributed by atoms with van der Waals surface area (Å²) in [5.74, 6) is 2.60. The molecule has 0 amide bonds. The highest BCUT2D eigenvalue weighted by Gasteiger charge is 2.29. The van der Waals surface area contributed by atoms with E-state index in [1.807, 2.05) is 36.0 Å². The summed E-state index contributed by atoms with van der Waals surface area (Å²) in [4.78, 5) is 8.28. The summed E-state index contributed by atoms with van der Waals surface area (Å²) in [6, 6.07) is 16.4. The van der Waals surface area contributed by atoms with Gasteiger partial charge in [-0.2, -0.15) is 0 Å². The molecule has 0 radical (unpaired) electrons. The summed E-state index contributed by atoms with van der Waals surface area (Å²) < 4.78 is 5.37. The second-order valence-electron chi connectivity index (χ2n) is 9.69. The van der Waals surface area contributed by atoms with Gasteiger partial charge in [0.15, 0.2) is 0 Å². The molecule has 4 rings (SSSR count). The van der Waals surface area contributed by atoms with Crippen LogP contribution in [-0.4, -0.2) is 59.2 Å². The first kappa shape index (κ1) is 26.0. The minimum absolute atomic E-state index is 0.213. The maximum atomic E-state index is 11.0. The molecule has 0 saturated carbocycles. The van der Waals surface area contributed by atoms with Crippen molar-refractivity contribution in [2.45, 2.75) is 43.6 Å². The van der Waals surface area contributed by atoms with Gasteiger partial charge >= 0.3 is 0 Å². The monoisotopic (exact) mass is 494 g/mol. The number of aliphatic hydroxyl groups excluding tert-OH is 2. The van der Waals surface area contributed by atoms with Crippen molar-refractivity contribution in [1.29, 1.82) is 0 Å². The van der Waals surface area contributed by atoms with Crippen molar-refractivity contribution < 1.29 is 14.9 Å². The average molecular weight is 495 g/mol. The van der Waals surface area contributed by atoms with Gasteiger partial charge in [-0.05, 0) is 105 Å². The first-order valence-electron chi connectivity index (χ1n) is 12.7. The van der Waals surface area contributed by atoms with Crippen LogP contribution in [0.1, 0.15) is 42.9 Å². The van der Waals surface area contributed by atoms with E-state index < -0.39 is 6.10 Å². The Bertz CT molecular complexity index is 1090. The second-order valence-corrected chi connectivity index (χ2v) is 10.9. The number of hydrogen-bond acceptors (Lipinski definition) is 6. The number of hydrogen-bond donors (Lipinski definition) is 2. The zero-order chi connectivity index (χ0) is 24.6. The summed E-state index contributed by atoms with van der Waals surface area (Å²) in [5, 5.41) is 22.1. The van der Waals surface area contributed by atoms with Crippen molar-refractivity contribution in [3.63, 3.8) is 0 Å². The molecule has 188 valence electrons. The number of thioether (sulfide) groups is 1. The minimum atomic E-state index is -0.552. The van der Waals surface area contributed by atoms with Gasteiger partial charge < -0.3 is 19.8 Å². The highest BCUT2D eigenvalue weighted by molar-refractivity contribution is 7.99. The van der Waals surface area contributed by atoms with Crippen LogP contribution in [0, 0.1) is 18.8 Å². The summed E-state index contributed by atoms with van der Waals surface area (Å²) >= 11 is 1.93. The molecule has 2 N–H and O–H groups in total. The molecule has 6 heteroatoms. The van der Waals surface area contributed by atoms with Crippen molar-refractivity contribution in [1.82, 2.24) is 9.88 Å². The summed E-state index contributed by atoms with van der Waals surface area (Å²) in [5.41, 5.74) is 3.08. The summed E-state index contributed by atoms with van der Waals surface area (Å²) in [6.07, 6.45) is 5.04. The lowest BCUT2D eigenvalue weighted by Crippen LogP contribution is -2.42. The molecule has 0 aliphatic carbocycles. The molecule has 1 unspecified atom stereocenters. The highest BCUT2D eigenvalue weighted by atomic mass is 32.2. The standard InChI is InChI=1S/C29H38N2O3S/c1-21-5-3-6-25(17-21)35-16-4-14-31-15-12-22(23(19-31)20-32)7-10-29(33)26-11-13-30-28-9-8-24(34-2)18-27(26)28/h3,5-6,8-9,11,13,17-18,22-23,29,32-33H,4,7,10,12,14-16,19-20H2,1-2H3/t22-,23-,29?/m1/s1. The fourth-order valence-corrected chi connectivity index (χ4v) is 6.17. The maximum Gasteiger partial charge on any atom is 0.119 e. The molecule has 1 aliphatic rings. The zero-order valence-corrected chi connectivity index (χ0v) is 21.7. The molecule has 2 aromatic carbocycles. The van der Waals surface area contributed by atoms with Gasteiger partial charge in [0.25, 0.3) is 0 Å². The quantitative estimate of drug-likeness (QED) is 0.272. The van der Waals surface area contributed by atoms with Crippen LogP contribution >= 0.6 is 11.8 Å². The Morgan fingerprint density at radius 1 is 1.17 bits per heavy atom. The van der Waals surface area contributed by atoms with Crippen LogP contribution in [0.25, 0.3) is 10.9 Å². The van der Waals surface area contributed by atoms with Crippen LogP contribution in [0.2, 0.25) is 0 Å². The second kappa shape index (κ2) is 12.7. The molecule has 1 aromatic heterocycles. The number of piperidine rings is 1. The van der Waals surface area contributed by atoms with Gasteiger partial charge in [0.05, 0.1) is 18.7 Å². The number of nitrogens with zero attached hydrogens (tertiary/aromatic N) is 2. The van der Waals surface area contributed by atoms with Gasteiger partial charge in [-0.25, -0.2) is 0 Å². The van der Waals surface area contributed by atoms with Crippen LogP contribution < -0.4 is 4.74 Å². The van der Waals surface area contributed by atoms with Crippen molar-refractivity contribution in [2.75, 3.05) is 39.1 Å². The number of fused-ring (bicyclic) bond motifs is 1. The van der Waals surface area contributed by atoms with Gasteiger partial charge in [0.1, 0.15) is 5.75 Å². The van der Waals surface area contributed by atoms with Gasteiger partial charge in [-0.3, -0.25) is 4.98 Å². The number of methoxy groups -OCH3 is 1. The first-order valence-corrected chi connectivity index (χ1v) is 13.7. The zero-order valence-electron chi connectivity index (χ0n) is 20.9. The summed E-state index contributed by atoms with van der Waals surface area (Å²) in [6.45, 7) is 5.45. The fourth-order valence-electron chi connectivity index (χ4n) is 5.22. The predicted octanol–water partition coefficient (Wildman–Crippen LogP) is 5.48. The predicted molar refractivity (Wildman–Crippen MR) is 144 cm³/mol. The van der Waals surface area contributed by atoms with E-state index in [4.69, 9.17) is 4.74 Å². The third-order valence-corrected chi connectivity index (χ3v) is 8.32. The molecular formula is C29H38N2O3S. The van der Waals surface area contributed by atoms with Gasteiger partial charge in [-0.1, -0.05) is 17.7 Å². The fraction of sp³-hybridized carbons (Fsp3) is 0.483. The van der Waals surface area contributed by atoms with Crippen LogP contribution in [-0.2, 0) is 0 Å². The van der Waals surface area contributed by atoms with Crippen molar-refractivity contribution in [3.8, 4) is 5.75 Å². The number of aliphatic hydroxyl groups is 2. The highest BCUT2D eigenvalue weighted by Crippen LogP contribution is 2.33. The Kier molecular flexibility index (Phi) is 9.44. The van der Waals surface area contributed by atoms with Crippen molar-refractivity contribution in [3.05, 3.63) is 65.9 Å². The third kappa shape index (κ3) is 6.98. The maximum absolute atomic E-state index is 11.0. The molecule has 3 aromatic rings. The first-order chi connectivity index (χ1) is 17.1. The SMILES string of the molecule is COc1ccc2nccc(C(O)CC[C@@H]3CCN(CCCSc4cccc(C)c4)C[C@@H]3CO)c2c1. The lowest BCUT2D eigenvalue weighted by molar-refractivity contribution is 0.0581. The normalized spacial score (nSPS) is 19.7. The number of rotatable bonds is 11. The van der Waals surface area contributed by atoms with E-state index in [2.05, 4.69) is 41.1 Å². The number of pyridine rings is 1. The largest absolute Gasteiger partial charge is 0.497 e. The minimum Gasteiger partial charge on any atom is -0.497 e. The Hall–Kier alpha value is -2.12. The molecule has 0 spiro atoms. The number of likely N-dealkylation sites (tertiary alicyclic amines) is 1. The van der Waals surface area contributed by atoms with Crippen LogP contribution in [0.15, 0.2) is 59.6 Å². The molecular weight excluding hydrogens is 456 g/mol. The molecule has 2 heterocycles. The number of aryl methyl sites for hydroxylation is 1. The number of aromatic nitrogens is 1. The topological polar surface area (TPSA) is 65.8 Å². The van der Waals surface area contributed by atoms with Crippen LogP contribution in [0.4, 0.5) is 0 Å². The van der Waals surface area contributed by atoms with E-state index >= 15 is 0 Å². The van der Waals surface area contributed by atoms with E-state index in [0.29, 0.717) is 12.3 Å². The van der Waals surface area contributed by atoms with Crippen LogP contribution in [0.3, 0.4) is 0 Å². The Labute approximate surface area is 213 Å². The smallest absolute Gasteiger partial charge is 0.119 e. The Balaban J connectivity index is 1.26. The molecule has 1 aliphatic heterocycles. The number of ether oxygens (including phenoxy) is 1. The van der Waals surface area contributed by atoms with E-state index in [9.17, 15) is 10.2 Å². The average Bonchev–Trinajstić information content (AvgIpc) is 2.89. The number of benzene rings is 2. The molecule has 1 saturated heterocycles. The molecule has 0 bridgehead atoms.